The molecule has 0 saturated carbocycles. The van der Waals surface area contributed by atoms with Crippen molar-refractivity contribution in [3.05, 3.63) is 89.1 Å². The molecule has 34 heavy (non-hydrogen) atoms. The van der Waals surface area contributed by atoms with Crippen molar-refractivity contribution in [2.45, 2.75) is 27.7 Å². The van der Waals surface area contributed by atoms with Gasteiger partial charge in [0.1, 0.15) is 17.2 Å². The van der Waals surface area contributed by atoms with E-state index in [2.05, 4.69) is 5.32 Å². The van der Waals surface area contributed by atoms with Gasteiger partial charge in [0, 0.05) is 17.8 Å². The van der Waals surface area contributed by atoms with Gasteiger partial charge < -0.3 is 14.8 Å². The number of ether oxygens (including phenoxy) is 2. The monoisotopic (exact) mass is 456 g/mol. The minimum atomic E-state index is -0.421. The number of carbonyl (C=O) groups excluding carboxylic acids is 2. The number of hydrogen-bond acceptors (Lipinski definition) is 5. The van der Waals surface area contributed by atoms with Gasteiger partial charge in [0.05, 0.1) is 24.5 Å². The molecule has 0 unspecified atom stereocenters. The molecule has 2 amide bonds. The van der Waals surface area contributed by atoms with E-state index in [1.807, 2.05) is 70.2 Å². The third-order valence-corrected chi connectivity index (χ3v) is 5.54. The molecule has 0 bridgehead atoms. The summed E-state index contributed by atoms with van der Waals surface area (Å²) in [5, 5.41) is 3.21. The lowest BCUT2D eigenvalue weighted by molar-refractivity contribution is -0.120. The number of amides is 2. The normalized spacial score (nSPS) is 13.5. The number of anilines is 2. The third-order valence-electron chi connectivity index (χ3n) is 5.54. The molecule has 0 radical (unpaired) electrons. The molecule has 6 nitrogen and oxygen atoms in total. The summed E-state index contributed by atoms with van der Waals surface area (Å²) >= 11 is 0. The van der Waals surface area contributed by atoms with Crippen LogP contribution in [-0.4, -0.2) is 25.0 Å². The van der Waals surface area contributed by atoms with Gasteiger partial charge in [0.25, 0.3) is 11.8 Å². The van der Waals surface area contributed by atoms with E-state index < -0.39 is 5.91 Å². The summed E-state index contributed by atoms with van der Waals surface area (Å²) in [5.74, 6) is 0.475. The van der Waals surface area contributed by atoms with E-state index in [0.717, 1.165) is 16.7 Å². The first kappa shape index (κ1) is 23.1. The van der Waals surface area contributed by atoms with Gasteiger partial charge in [-0.1, -0.05) is 35.9 Å². The summed E-state index contributed by atoms with van der Waals surface area (Å²) in [5.41, 5.74) is 4.41. The summed E-state index contributed by atoms with van der Waals surface area (Å²) < 4.78 is 11.2. The highest BCUT2D eigenvalue weighted by Crippen LogP contribution is 2.36. The van der Waals surface area contributed by atoms with Gasteiger partial charge in [-0.05, 0) is 63.1 Å². The van der Waals surface area contributed by atoms with Crippen LogP contribution in [0.25, 0.3) is 5.57 Å². The lowest BCUT2D eigenvalue weighted by Gasteiger charge is -2.17. The largest absolute Gasteiger partial charge is 0.494 e. The van der Waals surface area contributed by atoms with E-state index in [1.165, 1.54) is 4.90 Å². The predicted molar refractivity (Wildman–Crippen MR) is 134 cm³/mol. The first-order chi connectivity index (χ1) is 16.4. The van der Waals surface area contributed by atoms with Crippen LogP contribution in [0, 0.1) is 13.8 Å². The van der Waals surface area contributed by atoms with Crippen LogP contribution < -0.4 is 19.7 Å². The topological polar surface area (TPSA) is 67.9 Å². The lowest BCUT2D eigenvalue weighted by atomic mass is 9.97. The number of benzene rings is 3. The average Bonchev–Trinajstić information content (AvgIpc) is 3.04. The Labute approximate surface area is 199 Å². The molecule has 3 aromatic rings. The Hall–Kier alpha value is -4.06. The van der Waals surface area contributed by atoms with Crippen molar-refractivity contribution in [2.75, 3.05) is 23.4 Å². The number of nitrogens with one attached hydrogen (secondary N) is 1. The summed E-state index contributed by atoms with van der Waals surface area (Å²) in [6.45, 7) is 8.75. The minimum Gasteiger partial charge on any atom is -0.494 e. The summed E-state index contributed by atoms with van der Waals surface area (Å²) in [6.07, 6.45) is 0. The number of hydrogen-bond donors (Lipinski definition) is 1. The Bertz CT molecular complexity index is 1280. The van der Waals surface area contributed by atoms with Crippen molar-refractivity contribution in [1.82, 2.24) is 0 Å². The van der Waals surface area contributed by atoms with Crippen molar-refractivity contribution in [1.29, 1.82) is 0 Å². The van der Waals surface area contributed by atoms with Crippen molar-refractivity contribution in [3.63, 3.8) is 0 Å². The second kappa shape index (κ2) is 9.83. The Morgan fingerprint density at radius 3 is 2.15 bits per heavy atom. The van der Waals surface area contributed by atoms with E-state index in [1.54, 1.807) is 24.3 Å². The predicted octanol–water partition coefficient (Wildman–Crippen LogP) is 5.50. The maximum absolute atomic E-state index is 13.7. The van der Waals surface area contributed by atoms with Crippen LogP contribution in [0.5, 0.6) is 11.5 Å². The molecular formula is C28H28N2O4. The van der Waals surface area contributed by atoms with E-state index >= 15 is 0 Å². The number of rotatable bonds is 8. The smallest absolute Gasteiger partial charge is 0.282 e. The Kier molecular flexibility index (Phi) is 6.68. The standard InChI is InChI=1S/C28H28N2O4/c1-5-33-22-11-7-9-20(16-22)29-26-25(24-14-13-18(3)15-19(24)4)27(31)30(28(26)32)21-10-8-12-23(17-21)34-6-2/h7-17,29H,5-6H2,1-4H3. The molecule has 1 heterocycles. The lowest BCUT2D eigenvalue weighted by Crippen LogP contribution is -2.32. The second-order valence-corrected chi connectivity index (χ2v) is 8.03. The fourth-order valence-electron chi connectivity index (χ4n) is 4.08. The number of imide groups is 1. The molecule has 6 heteroatoms. The molecule has 1 aliphatic rings. The van der Waals surface area contributed by atoms with Crippen molar-refractivity contribution >= 4 is 28.8 Å². The third kappa shape index (κ3) is 4.53. The summed E-state index contributed by atoms with van der Waals surface area (Å²) in [7, 11) is 0. The van der Waals surface area contributed by atoms with Crippen LogP contribution in [0.4, 0.5) is 11.4 Å². The molecule has 0 aromatic heterocycles. The summed E-state index contributed by atoms with van der Waals surface area (Å²) in [4.78, 5) is 28.6. The number of aryl methyl sites for hydroxylation is 2. The maximum atomic E-state index is 13.7. The molecule has 0 aliphatic carbocycles. The van der Waals surface area contributed by atoms with Gasteiger partial charge in [-0.15, -0.1) is 0 Å². The average molecular weight is 457 g/mol. The molecule has 4 rings (SSSR count). The summed E-state index contributed by atoms with van der Waals surface area (Å²) in [6, 6.07) is 20.2. The van der Waals surface area contributed by atoms with Crippen molar-refractivity contribution in [3.8, 4) is 11.5 Å². The first-order valence-electron chi connectivity index (χ1n) is 11.4. The van der Waals surface area contributed by atoms with E-state index in [0.29, 0.717) is 41.7 Å². The van der Waals surface area contributed by atoms with Crippen LogP contribution in [0.1, 0.15) is 30.5 Å². The molecule has 0 atom stereocenters. The molecular weight excluding hydrogens is 428 g/mol. The zero-order valence-electron chi connectivity index (χ0n) is 19.8. The van der Waals surface area contributed by atoms with Gasteiger partial charge >= 0.3 is 0 Å². The highest BCUT2D eigenvalue weighted by Gasteiger charge is 2.41. The van der Waals surface area contributed by atoms with E-state index in [-0.39, 0.29) is 11.6 Å². The van der Waals surface area contributed by atoms with Gasteiger partial charge in [-0.2, -0.15) is 0 Å². The van der Waals surface area contributed by atoms with Crippen LogP contribution in [0.15, 0.2) is 72.4 Å². The van der Waals surface area contributed by atoms with Gasteiger partial charge in [0.15, 0.2) is 0 Å². The van der Waals surface area contributed by atoms with Crippen LogP contribution >= 0.6 is 0 Å². The molecule has 0 spiro atoms. The number of carbonyl (C=O) groups is 2. The molecule has 1 N–H and O–H groups in total. The highest BCUT2D eigenvalue weighted by molar-refractivity contribution is 6.46. The van der Waals surface area contributed by atoms with Gasteiger partial charge in [-0.3, -0.25) is 9.59 Å². The van der Waals surface area contributed by atoms with E-state index in [4.69, 9.17) is 9.47 Å². The van der Waals surface area contributed by atoms with Gasteiger partial charge in [0.2, 0.25) is 0 Å². The fraction of sp³-hybridized carbons (Fsp3) is 0.214. The van der Waals surface area contributed by atoms with Crippen LogP contribution in [0.2, 0.25) is 0 Å². The fourth-order valence-corrected chi connectivity index (χ4v) is 4.08. The Morgan fingerprint density at radius 2 is 1.47 bits per heavy atom. The Balaban J connectivity index is 1.81. The first-order valence-corrected chi connectivity index (χ1v) is 11.4. The zero-order valence-corrected chi connectivity index (χ0v) is 19.8. The van der Waals surface area contributed by atoms with Crippen molar-refractivity contribution in [2.24, 2.45) is 0 Å². The molecule has 0 saturated heterocycles. The maximum Gasteiger partial charge on any atom is 0.282 e. The van der Waals surface area contributed by atoms with E-state index in [9.17, 15) is 9.59 Å². The van der Waals surface area contributed by atoms with Crippen LogP contribution in [-0.2, 0) is 9.59 Å². The van der Waals surface area contributed by atoms with Crippen LogP contribution in [0.3, 0.4) is 0 Å². The molecule has 3 aromatic carbocycles. The zero-order chi connectivity index (χ0) is 24.2. The molecule has 0 fully saturated rings. The van der Waals surface area contributed by atoms with Gasteiger partial charge in [-0.25, -0.2) is 4.90 Å². The second-order valence-electron chi connectivity index (χ2n) is 8.03. The highest BCUT2D eigenvalue weighted by atomic mass is 16.5. The number of nitrogens with zero attached hydrogens (tertiary/aromatic N) is 1. The quantitative estimate of drug-likeness (QED) is 0.454. The molecule has 1 aliphatic heterocycles. The SMILES string of the molecule is CCOc1cccc(NC2=C(c3ccc(C)cc3C)C(=O)N(c3cccc(OCC)c3)C2=O)c1. The Morgan fingerprint density at radius 1 is 0.794 bits per heavy atom. The molecule has 174 valence electrons. The van der Waals surface area contributed by atoms with Crippen molar-refractivity contribution < 1.29 is 19.1 Å². The minimum absolute atomic E-state index is 0.229.